The van der Waals surface area contributed by atoms with E-state index in [4.69, 9.17) is 4.74 Å². The Kier molecular flexibility index (Phi) is 6.46. The van der Waals surface area contributed by atoms with Crippen LogP contribution >= 0.6 is 0 Å². The lowest BCUT2D eigenvalue weighted by molar-refractivity contribution is 0.0945. The zero-order valence-corrected chi connectivity index (χ0v) is 12.9. The molecule has 1 rings (SSSR count). The molecule has 3 nitrogen and oxygen atoms in total. The molecular weight excluding hydrogens is 250 g/mol. The van der Waals surface area contributed by atoms with Crippen molar-refractivity contribution in [2.24, 2.45) is 0 Å². The molecular formula is C17H25NO2. The molecule has 0 spiro atoms. The second-order valence-corrected chi connectivity index (χ2v) is 5.33. The van der Waals surface area contributed by atoms with Crippen LogP contribution in [0.4, 0.5) is 0 Å². The maximum atomic E-state index is 12.3. The highest BCUT2D eigenvalue weighted by Crippen LogP contribution is 2.14. The van der Waals surface area contributed by atoms with Crippen molar-refractivity contribution in [3.63, 3.8) is 0 Å². The number of carbonyl (C=O) groups excluding carboxylic acids is 1. The molecule has 1 aromatic carbocycles. The first-order valence-electron chi connectivity index (χ1n) is 7.11. The van der Waals surface area contributed by atoms with Gasteiger partial charge in [-0.25, -0.2) is 0 Å². The molecule has 3 heteroatoms. The standard InChI is InChI=1S/C17H25NO2/c1-6-13(4)18-14(5)17(19)15-7-9-16(10-8-15)20-11-12(2)3/h7-10,13-14,18H,2,6,11H2,1,3-5H3. The summed E-state index contributed by atoms with van der Waals surface area (Å²) in [6.45, 7) is 12.3. The van der Waals surface area contributed by atoms with Crippen molar-refractivity contribution in [2.45, 2.75) is 46.2 Å². The number of benzene rings is 1. The molecule has 0 aliphatic rings. The summed E-state index contributed by atoms with van der Waals surface area (Å²) in [4.78, 5) is 12.3. The molecule has 0 saturated carbocycles. The van der Waals surface area contributed by atoms with Crippen molar-refractivity contribution in [1.82, 2.24) is 5.32 Å². The Morgan fingerprint density at radius 3 is 2.40 bits per heavy atom. The average Bonchev–Trinajstić information content (AvgIpc) is 2.44. The lowest BCUT2D eigenvalue weighted by Crippen LogP contribution is -2.39. The molecule has 0 fully saturated rings. The molecule has 0 aliphatic carbocycles. The van der Waals surface area contributed by atoms with E-state index >= 15 is 0 Å². The van der Waals surface area contributed by atoms with E-state index in [0.717, 1.165) is 17.7 Å². The minimum atomic E-state index is -0.174. The van der Waals surface area contributed by atoms with Gasteiger partial charge in [0.2, 0.25) is 0 Å². The lowest BCUT2D eigenvalue weighted by Gasteiger charge is -2.18. The van der Waals surface area contributed by atoms with E-state index in [1.165, 1.54) is 0 Å². The highest BCUT2D eigenvalue weighted by Gasteiger charge is 2.16. The Bertz CT molecular complexity index is 451. The van der Waals surface area contributed by atoms with Crippen LogP contribution in [0.25, 0.3) is 0 Å². The zero-order chi connectivity index (χ0) is 15.1. The molecule has 0 radical (unpaired) electrons. The van der Waals surface area contributed by atoms with Crippen LogP contribution < -0.4 is 10.1 Å². The number of hydrogen-bond donors (Lipinski definition) is 1. The van der Waals surface area contributed by atoms with Gasteiger partial charge in [0.15, 0.2) is 5.78 Å². The third kappa shape index (κ3) is 5.17. The fourth-order valence-electron chi connectivity index (χ4n) is 1.79. The molecule has 0 bridgehead atoms. The summed E-state index contributed by atoms with van der Waals surface area (Å²) in [6, 6.07) is 7.44. The van der Waals surface area contributed by atoms with Gasteiger partial charge < -0.3 is 10.1 Å². The number of ether oxygens (including phenoxy) is 1. The zero-order valence-electron chi connectivity index (χ0n) is 12.9. The van der Waals surface area contributed by atoms with Crippen molar-refractivity contribution in [1.29, 1.82) is 0 Å². The van der Waals surface area contributed by atoms with Gasteiger partial charge in [-0.2, -0.15) is 0 Å². The van der Waals surface area contributed by atoms with Crippen molar-refractivity contribution in [3.05, 3.63) is 42.0 Å². The summed E-state index contributed by atoms with van der Waals surface area (Å²) in [5.74, 6) is 0.865. The van der Waals surface area contributed by atoms with Crippen LogP contribution in [-0.4, -0.2) is 24.5 Å². The van der Waals surface area contributed by atoms with Crippen LogP contribution in [0.15, 0.2) is 36.4 Å². The maximum Gasteiger partial charge on any atom is 0.179 e. The number of nitrogens with one attached hydrogen (secondary N) is 1. The molecule has 0 saturated heterocycles. The van der Waals surface area contributed by atoms with E-state index < -0.39 is 0 Å². The molecule has 0 amide bonds. The quantitative estimate of drug-likeness (QED) is 0.582. The molecule has 110 valence electrons. The van der Waals surface area contributed by atoms with Crippen LogP contribution in [0, 0.1) is 0 Å². The summed E-state index contributed by atoms with van der Waals surface area (Å²) >= 11 is 0. The van der Waals surface area contributed by atoms with E-state index in [1.807, 2.05) is 38.1 Å². The highest BCUT2D eigenvalue weighted by molar-refractivity contribution is 5.99. The van der Waals surface area contributed by atoms with Gasteiger partial charge in [0.1, 0.15) is 12.4 Å². The number of carbonyl (C=O) groups is 1. The van der Waals surface area contributed by atoms with E-state index in [-0.39, 0.29) is 11.8 Å². The van der Waals surface area contributed by atoms with E-state index in [9.17, 15) is 4.79 Å². The van der Waals surface area contributed by atoms with Gasteiger partial charge in [0.25, 0.3) is 0 Å². The molecule has 20 heavy (non-hydrogen) atoms. The van der Waals surface area contributed by atoms with Crippen molar-refractivity contribution < 1.29 is 9.53 Å². The topological polar surface area (TPSA) is 38.3 Å². The van der Waals surface area contributed by atoms with Crippen LogP contribution in [0.5, 0.6) is 5.75 Å². The van der Waals surface area contributed by atoms with Gasteiger partial charge in [-0.1, -0.05) is 13.5 Å². The maximum absolute atomic E-state index is 12.3. The predicted molar refractivity (Wildman–Crippen MR) is 83.4 cm³/mol. The SMILES string of the molecule is C=C(C)COc1ccc(C(=O)C(C)NC(C)CC)cc1. The fraction of sp³-hybridized carbons (Fsp3) is 0.471. The Balaban J connectivity index is 2.63. The summed E-state index contributed by atoms with van der Waals surface area (Å²) < 4.78 is 5.52. The van der Waals surface area contributed by atoms with Gasteiger partial charge in [-0.05, 0) is 57.0 Å². The van der Waals surface area contributed by atoms with Crippen molar-refractivity contribution in [2.75, 3.05) is 6.61 Å². The highest BCUT2D eigenvalue weighted by atomic mass is 16.5. The van der Waals surface area contributed by atoms with E-state index in [1.54, 1.807) is 0 Å². The fourth-order valence-corrected chi connectivity index (χ4v) is 1.79. The van der Waals surface area contributed by atoms with Crippen LogP contribution in [0.1, 0.15) is 44.5 Å². The number of Topliss-reactive ketones (excluding diaryl/α,β-unsaturated/α-hetero) is 1. The lowest BCUT2D eigenvalue weighted by atomic mass is 10.0. The Morgan fingerprint density at radius 1 is 1.30 bits per heavy atom. The number of rotatable bonds is 8. The summed E-state index contributed by atoms with van der Waals surface area (Å²) in [6.07, 6.45) is 1.01. The normalized spacial score (nSPS) is 13.6. The molecule has 1 N–H and O–H groups in total. The first-order valence-corrected chi connectivity index (χ1v) is 7.11. The van der Waals surface area contributed by atoms with Crippen molar-refractivity contribution >= 4 is 5.78 Å². The van der Waals surface area contributed by atoms with Crippen LogP contribution in [-0.2, 0) is 0 Å². The summed E-state index contributed by atoms with van der Waals surface area (Å²) in [5, 5.41) is 3.29. The molecule has 1 aromatic rings. The first-order chi connectivity index (χ1) is 9.43. The van der Waals surface area contributed by atoms with Gasteiger partial charge in [-0.3, -0.25) is 4.79 Å². The summed E-state index contributed by atoms with van der Waals surface area (Å²) in [5.41, 5.74) is 1.67. The second-order valence-electron chi connectivity index (χ2n) is 5.33. The van der Waals surface area contributed by atoms with Crippen LogP contribution in [0.3, 0.4) is 0 Å². The average molecular weight is 275 g/mol. The number of hydrogen-bond acceptors (Lipinski definition) is 3. The number of ketones is 1. The van der Waals surface area contributed by atoms with Gasteiger partial charge in [0.05, 0.1) is 6.04 Å². The molecule has 0 aromatic heterocycles. The second kappa shape index (κ2) is 7.85. The predicted octanol–water partition coefficient (Wildman–Crippen LogP) is 3.60. The summed E-state index contributed by atoms with van der Waals surface area (Å²) in [7, 11) is 0. The largest absolute Gasteiger partial charge is 0.489 e. The molecule has 0 heterocycles. The Hall–Kier alpha value is -1.61. The van der Waals surface area contributed by atoms with Crippen LogP contribution in [0.2, 0.25) is 0 Å². The van der Waals surface area contributed by atoms with Gasteiger partial charge in [0, 0.05) is 11.6 Å². The van der Waals surface area contributed by atoms with E-state index in [0.29, 0.717) is 18.2 Å². The first kappa shape index (κ1) is 16.4. The third-order valence-electron chi connectivity index (χ3n) is 3.16. The van der Waals surface area contributed by atoms with Gasteiger partial charge in [-0.15, -0.1) is 0 Å². The monoisotopic (exact) mass is 275 g/mol. The minimum absolute atomic E-state index is 0.108. The smallest absolute Gasteiger partial charge is 0.179 e. The molecule has 0 aliphatic heterocycles. The Morgan fingerprint density at radius 2 is 1.90 bits per heavy atom. The molecule has 2 atom stereocenters. The van der Waals surface area contributed by atoms with Crippen molar-refractivity contribution in [3.8, 4) is 5.75 Å². The minimum Gasteiger partial charge on any atom is -0.489 e. The van der Waals surface area contributed by atoms with Gasteiger partial charge >= 0.3 is 0 Å². The Labute approximate surface area is 122 Å². The molecule has 2 unspecified atom stereocenters. The third-order valence-corrected chi connectivity index (χ3v) is 3.16. The van der Waals surface area contributed by atoms with E-state index in [2.05, 4.69) is 25.7 Å².